The normalized spacial score (nSPS) is 33.3. The van der Waals surface area contributed by atoms with Crippen molar-refractivity contribution in [3.8, 4) is 0 Å². The van der Waals surface area contributed by atoms with E-state index in [2.05, 4.69) is 24.2 Å². The van der Waals surface area contributed by atoms with Crippen molar-refractivity contribution in [3.63, 3.8) is 0 Å². The average molecular weight is 152 g/mol. The van der Waals surface area contributed by atoms with Crippen LogP contribution in [0.2, 0.25) is 0 Å². The molecule has 2 heteroatoms. The molecule has 1 unspecified atom stereocenters. The Balaban J connectivity index is 1.83. The fourth-order valence-electron chi connectivity index (χ4n) is 1.57. The van der Waals surface area contributed by atoms with E-state index >= 15 is 0 Å². The summed E-state index contributed by atoms with van der Waals surface area (Å²) in [6, 6.07) is 0.708. The van der Waals surface area contributed by atoms with Crippen LogP contribution in [-0.4, -0.2) is 18.4 Å². The lowest BCUT2D eigenvalue weighted by Gasteiger charge is -2.06. The van der Waals surface area contributed by atoms with E-state index in [0.717, 1.165) is 6.54 Å². The maximum absolute atomic E-state index is 4.39. The minimum absolute atomic E-state index is 0.533. The van der Waals surface area contributed by atoms with Gasteiger partial charge in [0.15, 0.2) is 0 Å². The zero-order chi connectivity index (χ0) is 7.90. The quantitative estimate of drug-likeness (QED) is 0.606. The van der Waals surface area contributed by atoms with Crippen LogP contribution in [0, 0.1) is 5.41 Å². The SMILES string of the molecule is CC1(C)CC1NC1=NCCC1. The predicted molar refractivity (Wildman–Crippen MR) is 46.9 cm³/mol. The number of hydrogen-bond acceptors (Lipinski definition) is 2. The van der Waals surface area contributed by atoms with Gasteiger partial charge in [0.05, 0.1) is 5.84 Å². The molecule has 0 aromatic heterocycles. The van der Waals surface area contributed by atoms with Crippen LogP contribution in [0.3, 0.4) is 0 Å². The molecule has 1 saturated carbocycles. The van der Waals surface area contributed by atoms with Crippen LogP contribution in [0.1, 0.15) is 33.1 Å². The Morgan fingerprint density at radius 3 is 2.73 bits per heavy atom. The van der Waals surface area contributed by atoms with Crippen LogP contribution in [0.5, 0.6) is 0 Å². The molecule has 11 heavy (non-hydrogen) atoms. The third kappa shape index (κ3) is 1.39. The first-order valence-electron chi connectivity index (χ1n) is 4.48. The average Bonchev–Trinajstić information content (AvgIpc) is 2.42. The minimum atomic E-state index is 0.533. The minimum Gasteiger partial charge on any atom is -0.371 e. The molecule has 1 N–H and O–H groups in total. The third-order valence-corrected chi connectivity index (χ3v) is 2.73. The lowest BCUT2D eigenvalue weighted by atomic mass is 10.2. The van der Waals surface area contributed by atoms with E-state index in [1.807, 2.05) is 0 Å². The molecular weight excluding hydrogens is 136 g/mol. The highest BCUT2D eigenvalue weighted by atomic mass is 15.1. The second kappa shape index (κ2) is 2.23. The molecule has 0 radical (unpaired) electrons. The largest absolute Gasteiger partial charge is 0.371 e. The number of nitrogens with zero attached hydrogens (tertiary/aromatic N) is 1. The Morgan fingerprint density at radius 1 is 1.55 bits per heavy atom. The van der Waals surface area contributed by atoms with Crippen LogP contribution >= 0.6 is 0 Å². The van der Waals surface area contributed by atoms with Crippen LogP contribution in [-0.2, 0) is 0 Å². The molecule has 1 heterocycles. The summed E-state index contributed by atoms with van der Waals surface area (Å²) in [4.78, 5) is 4.39. The van der Waals surface area contributed by atoms with Crippen molar-refractivity contribution in [3.05, 3.63) is 0 Å². The van der Waals surface area contributed by atoms with Crippen LogP contribution in [0.25, 0.3) is 0 Å². The van der Waals surface area contributed by atoms with Gasteiger partial charge in [-0.1, -0.05) is 13.8 Å². The Kier molecular flexibility index (Phi) is 1.44. The molecule has 0 saturated heterocycles. The molecule has 0 aromatic carbocycles. The molecule has 0 spiro atoms. The number of amidine groups is 1. The van der Waals surface area contributed by atoms with Crippen LogP contribution < -0.4 is 5.32 Å². The first-order chi connectivity index (χ1) is 5.18. The predicted octanol–water partition coefficient (Wildman–Crippen LogP) is 1.57. The van der Waals surface area contributed by atoms with E-state index in [9.17, 15) is 0 Å². The van der Waals surface area contributed by atoms with Gasteiger partial charge in [-0.05, 0) is 18.3 Å². The maximum Gasteiger partial charge on any atom is 0.0966 e. The van der Waals surface area contributed by atoms with Crippen molar-refractivity contribution in [1.82, 2.24) is 5.32 Å². The van der Waals surface area contributed by atoms with E-state index < -0.39 is 0 Å². The van der Waals surface area contributed by atoms with Crippen molar-refractivity contribution in [2.45, 2.75) is 39.2 Å². The zero-order valence-electron chi connectivity index (χ0n) is 7.35. The molecule has 2 rings (SSSR count). The van der Waals surface area contributed by atoms with Crippen molar-refractivity contribution >= 4 is 5.84 Å². The van der Waals surface area contributed by atoms with Gasteiger partial charge in [-0.25, -0.2) is 0 Å². The monoisotopic (exact) mass is 152 g/mol. The second-order valence-corrected chi connectivity index (χ2v) is 4.32. The van der Waals surface area contributed by atoms with E-state index in [1.54, 1.807) is 0 Å². The first kappa shape index (κ1) is 7.14. The standard InChI is InChI=1S/C9H16N2/c1-9(2)6-7(9)11-8-4-3-5-10-8/h7H,3-6H2,1-2H3,(H,10,11). The molecule has 2 aliphatic rings. The highest BCUT2D eigenvalue weighted by Gasteiger charge is 2.46. The van der Waals surface area contributed by atoms with Crippen LogP contribution in [0.15, 0.2) is 4.99 Å². The molecule has 1 aliphatic carbocycles. The molecule has 0 amide bonds. The summed E-state index contributed by atoms with van der Waals surface area (Å²) in [5, 5.41) is 3.49. The number of rotatable bonds is 1. The van der Waals surface area contributed by atoms with Gasteiger partial charge in [-0.3, -0.25) is 4.99 Å². The van der Waals surface area contributed by atoms with Gasteiger partial charge >= 0.3 is 0 Å². The summed E-state index contributed by atoms with van der Waals surface area (Å²) in [7, 11) is 0. The summed E-state index contributed by atoms with van der Waals surface area (Å²) < 4.78 is 0. The highest BCUT2D eigenvalue weighted by molar-refractivity contribution is 5.84. The number of hydrogen-bond donors (Lipinski definition) is 1. The van der Waals surface area contributed by atoms with Gasteiger partial charge in [-0.15, -0.1) is 0 Å². The van der Waals surface area contributed by atoms with Crippen LogP contribution in [0.4, 0.5) is 0 Å². The smallest absolute Gasteiger partial charge is 0.0966 e. The third-order valence-electron chi connectivity index (χ3n) is 2.73. The second-order valence-electron chi connectivity index (χ2n) is 4.32. The van der Waals surface area contributed by atoms with E-state index in [0.29, 0.717) is 11.5 Å². The summed E-state index contributed by atoms with van der Waals surface area (Å²) in [5.41, 5.74) is 0.533. The van der Waals surface area contributed by atoms with Gasteiger partial charge in [0.1, 0.15) is 0 Å². The lowest BCUT2D eigenvalue weighted by Crippen LogP contribution is -2.26. The molecule has 62 valence electrons. The van der Waals surface area contributed by atoms with Gasteiger partial charge in [0, 0.05) is 19.0 Å². The Labute approximate surface area is 68.1 Å². The van der Waals surface area contributed by atoms with Crippen molar-refractivity contribution < 1.29 is 0 Å². The Hall–Kier alpha value is -0.530. The highest BCUT2D eigenvalue weighted by Crippen LogP contribution is 2.44. The fourth-order valence-corrected chi connectivity index (χ4v) is 1.57. The van der Waals surface area contributed by atoms with E-state index in [-0.39, 0.29) is 0 Å². The van der Waals surface area contributed by atoms with Gasteiger partial charge < -0.3 is 5.32 Å². The Bertz CT molecular complexity index is 194. The molecular formula is C9H16N2. The van der Waals surface area contributed by atoms with Crippen molar-refractivity contribution in [1.29, 1.82) is 0 Å². The van der Waals surface area contributed by atoms with Gasteiger partial charge in [0.2, 0.25) is 0 Å². The molecule has 0 aromatic rings. The summed E-state index contributed by atoms with van der Waals surface area (Å²) in [5.74, 6) is 1.25. The molecule has 1 aliphatic heterocycles. The number of aliphatic imine (C=N–C) groups is 1. The van der Waals surface area contributed by atoms with E-state index in [1.165, 1.54) is 25.1 Å². The summed E-state index contributed by atoms with van der Waals surface area (Å²) in [6.07, 6.45) is 3.73. The first-order valence-corrected chi connectivity index (χ1v) is 4.48. The van der Waals surface area contributed by atoms with Crippen molar-refractivity contribution in [2.75, 3.05) is 6.54 Å². The summed E-state index contributed by atoms with van der Waals surface area (Å²) in [6.45, 7) is 5.65. The lowest BCUT2D eigenvalue weighted by molar-refractivity contribution is 0.593. The topological polar surface area (TPSA) is 24.4 Å². The zero-order valence-corrected chi connectivity index (χ0v) is 7.35. The van der Waals surface area contributed by atoms with Crippen molar-refractivity contribution in [2.24, 2.45) is 10.4 Å². The fraction of sp³-hybridized carbons (Fsp3) is 0.889. The molecule has 1 atom stereocenters. The van der Waals surface area contributed by atoms with E-state index in [4.69, 9.17) is 0 Å². The maximum atomic E-state index is 4.39. The summed E-state index contributed by atoms with van der Waals surface area (Å²) >= 11 is 0. The molecule has 0 bridgehead atoms. The molecule has 1 fully saturated rings. The van der Waals surface area contributed by atoms with Gasteiger partial charge in [0.25, 0.3) is 0 Å². The Morgan fingerprint density at radius 2 is 2.27 bits per heavy atom. The number of nitrogens with one attached hydrogen (secondary N) is 1. The van der Waals surface area contributed by atoms with Gasteiger partial charge in [-0.2, -0.15) is 0 Å². The molecule has 2 nitrogen and oxygen atoms in total.